The van der Waals surface area contributed by atoms with Crippen LogP contribution in [0.1, 0.15) is 16.8 Å². The van der Waals surface area contributed by atoms with E-state index in [0.717, 1.165) is 0 Å². The van der Waals surface area contributed by atoms with Crippen molar-refractivity contribution in [1.29, 1.82) is 0 Å². The summed E-state index contributed by atoms with van der Waals surface area (Å²) in [7, 11) is 2.99. The van der Waals surface area contributed by atoms with Gasteiger partial charge in [-0.2, -0.15) is 0 Å². The van der Waals surface area contributed by atoms with Gasteiger partial charge in [-0.25, -0.2) is 5.01 Å². The molecule has 1 aromatic carbocycles. The number of amides is 3. The van der Waals surface area contributed by atoms with Gasteiger partial charge in [-0.05, 0) is 24.4 Å². The van der Waals surface area contributed by atoms with E-state index in [2.05, 4.69) is 10.7 Å². The Labute approximate surface area is 133 Å². The maximum Gasteiger partial charge on any atom is 0.269 e. The van der Waals surface area contributed by atoms with E-state index in [-0.39, 0.29) is 23.3 Å². The molecular formula is C14H16N4O3S. The molecule has 1 atom stereocenters. The smallest absolute Gasteiger partial charge is 0.269 e. The lowest BCUT2D eigenvalue weighted by Gasteiger charge is -2.23. The normalized spacial score (nSPS) is 17.6. The SMILES string of the molecule is CNC(=O)C[C@H]1C(=O)N(C)C(=S)N1NC(=O)c1ccccc1. The van der Waals surface area contributed by atoms with Crippen LogP contribution < -0.4 is 10.7 Å². The van der Waals surface area contributed by atoms with Crippen molar-refractivity contribution < 1.29 is 14.4 Å². The van der Waals surface area contributed by atoms with E-state index in [4.69, 9.17) is 12.2 Å². The summed E-state index contributed by atoms with van der Waals surface area (Å²) in [6, 6.07) is 7.71. The average Bonchev–Trinajstić information content (AvgIpc) is 2.73. The Morgan fingerprint density at radius 1 is 1.27 bits per heavy atom. The molecule has 3 amide bonds. The summed E-state index contributed by atoms with van der Waals surface area (Å²) in [6.07, 6.45) is -0.0884. The van der Waals surface area contributed by atoms with Crippen LogP contribution >= 0.6 is 12.2 Å². The highest BCUT2D eigenvalue weighted by molar-refractivity contribution is 7.80. The molecule has 7 nitrogen and oxygen atoms in total. The summed E-state index contributed by atoms with van der Waals surface area (Å²) in [5.74, 6) is -1.04. The van der Waals surface area contributed by atoms with Crippen molar-refractivity contribution in [2.24, 2.45) is 0 Å². The maximum atomic E-state index is 12.2. The molecule has 0 bridgehead atoms. The summed E-state index contributed by atoms with van der Waals surface area (Å²) >= 11 is 5.16. The molecule has 1 fully saturated rings. The lowest BCUT2D eigenvalue weighted by molar-refractivity contribution is -0.131. The molecule has 0 unspecified atom stereocenters. The molecule has 116 valence electrons. The first-order valence-corrected chi connectivity index (χ1v) is 7.04. The van der Waals surface area contributed by atoms with Crippen LogP contribution in [-0.2, 0) is 9.59 Å². The molecule has 22 heavy (non-hydrogen) atoms. The number of rotatable bonds is 4. The molecule has 0 radical (unpaired) electrons. The van der Waals surface area contributed by atoms with E-state index in [0.29, 0.717) is 5.56 Å². The first-order valence-electron chi connectivity index (χ1n) is 6.63. The van der Waals surface area contributed by atoms with Gasteiger partial charge in [0.25, 0.3) is 11.8 Å². The zero-order valence-corrected chi connectivity index (χ0v) is 13.0. The molecule has 1 saturated heterocycles. The van der Waals surface area contributed by atoms with Gasteiger partial charge in [0.1, 0.15) is 6.04 Å². The van der Waals surface area contributed by atoms with Crippen molar-refractivity contribution in [2.45, 2.75) is 12.5 Å². The fourth-order valence-electron chi connectivity index (χ4n) is 2.07. The lowest BCUT2D eigenvalue weighted by atomic mass is 10.2. The monoisotopic (exact) mass is 320 g/mol. The minimum atomic E-state index is -0.842. The number of nitrogens with zero attached hydrogens (tertiary/aromatic N) is 2. The molecule has 1 aromatic rings. The summed E-state index contributed by atoms with van der Waals surface area (Å²) in [5, 5.41) is 3.88. The molecule has 0 saturated carbocycles. The van der Waals surface area contributed by atoms with Gasteiger partial charge in [0.05, 0.1) is 6.42 Å². The number of carbonyl (C=O) groups excluding carboxylic acids is 3. The second-order valence-corrected chi connectivity index (χ2v) is 5.12. The quantitative estimate of drug-likeness (QED) is 0.757. The third-order valence-electron chi connectivity index (χ3n) is 3.34. The van der Waals surface area contributed by atoms with Crippen molar-refractivity contribution >= 4 is 35.1 Å². The number of thiocarbonyl (C=S) groups is 1. The first kappa shape index (κ1) is 15.9. The van der Waals surface area contributed by atoms with Gasteiger partial charge in [0, 0.05) is 19.7 Å². The standard InChI is InChI=1S/C14H16N4O3S/c1-15-11(19)8-10-13(21)17(2)14(22)18(10)16-12(20)9-6-4-3-5-7-9/h3-7,10H,8H2,1-2H3,(H,15,19)(H,16,20)/t10-/m0/s1. The van der Waals surface area contributed by atoms with Crippen molar-refractivity contribution in [3.05, 3.63) is 35.9 Å². The molecule has 2 rings (SSSR count). The van der Waals surface area contributed by atoms with Crippen LogP contribution in [0, 0.1) is 0 Å². The lowest BCUT2D eigenvalue weighted by Crippen LogP contribution is -2.49. The highest BCUT2D eigenvalue weighted by Gasteiger charge is 2.42. The van der Waals surface area contributed by atoms with Crippen LogP contribution in [-0.4, -0.2) is 52.9 Å². The predicted octanol–water partition coefficient (Wildman–Crippen LogP) is -0.105. The molecule has 0 spiro atoms. The number of hydrogen-bond acceptors (Lipinski definition) is 4. The van der Waals surface area contributed by atoms with Crippen molar-refractivity contribution in [1.82, 2.24) is 20.7 Å². The molecule has 1 heterocycles. The maximum absolute atomic E-state index is 12.2. The first-order chi connectivity index (χ1) is 10.5. The Balaban J connectivity index is 2.18. The van der Waals surface area contributed by atoms with Crippen LogP contribution in [0.2, 0.25) is 0 Å². The summed E-state index contributed by atoms with van der Waals surface area (Å²) in [4.78, 5) is 37.2. The Morgan fingerprint density at radius 2 is 1.91 bits per heavy atom. The van der Waals surface area contributed by atoms with Gasteiger partial charge in [-0.1, -0.05) is 18.2 Å². The number of benzene rings is 1. The number of hydrazine groups is 1. The van der Waals surface area contributed by atoms with Crippen LogP contribution in [0.4, 0.5) is 0 Å². The van der Waals surface area contributed by atoms with Gasteiger partial charge in [-0.3, -0.25) is 24.7 Å². The molecule has 2 N–H and O–H groups in total. The minimum absolute atomic E-state index is 0.0884. The van der Waals surface area contributed by atoms with Crippen LogP contribution in [0.15, 0.2) is 30.3 Å². The Morgan fingerprint density at radius 3 is 2.50 bits per heavy atom. The number of nitrogens with one attached hydrogen (secondary N) is 2. The van der Waals surface area contributed by atoms with E-state index in [1.165, 1.54) is 24.0 Å². The van der Waals surface area contributed by atoms with E-state index in [1.807, 2.05) is 0 Å². The fourth-order valence-corrected chi connectivity index (χ4v) is 2.33. The average molecular weight is 320 g/mol. The second kappa shape index (κ2) is 6.52. The van der Waals surface area contributed by atoms with E-state index in [9.17, 15) is 14.4 Å². The number of hydrogen-bond donors (Lipinski definition) is 2. The highest BCUT2D eigenvalue weighted by atomic mass is 32.1. The van der Waals surface area contributed by atoms with Crippen LogP contribution in [0.3, 0.4) is 0 Å². The second-order valence-electron chi connectivity index (χ2n) is 4.75. The van der Waals surface area contributed by atoms with Crippen LogP contribution in [0.5, 0.6) is 0 Å². The predicted molar refractivity (Wildman–Crippen MR) is 83.6 cm³/mol. The van der Waals surface area contributed by atoms with Crippen LogP contribution in [0.25, 0.3) is 0 Å². The van der Waals surface area contributed by atoms with Gasteiger partial charge in [0.2, 0.25) is 5.91 Å². The largest absolute Gasteiger partial charge is 0.359 e. The Kier molecular flexibility index (Phi) is 4.71. The van der Waals surface area contributed by atoms with E-state index < -0.39 is 11.9 Å². The van der Waals surface area contributed by atoms with Crippen molar-refractivity contribution in [2.75, 3.05) is 14.1 Å². The Bertz CT molecular complexity index is 620. The summed E-state index contributed by atoms with van der Waals surface area (Å²) in [6.45, 7) is 0. The third-order valence-corrected chi connectivity index (χ3v) is 3.81. The highest BCUT2D eigenvalue weighted by Crippen LogP contribution is 2.17. The summed E-state index contributed by atoms with van der Waals surface area (Å²) < 4.78 is 0. The molecule has 8 heteroatoms. The minimum Gasteiger partial charge on any atom is -0.359 e. The molecule has 1 aliphatic rings. The van der Waals surface area contributed by atoms with Crippen molar-refractivity contribution in [3.8, 4) is 0 Å². The Hall–Kier alpha value is -2.48. The van der Waals surface area contributed by atoms with E-state index in [1.54, 1.807) is 30.3 Å². The zero-order valence-electron chi connectivity index (χ0n) is 12.2. The topological polar surface area (TPSA) is 81.8 Å². The fraction of sp³-hybridized carbons (Fsp3) is 0.286. The van der Waals surface area contributed by atoms with Crippen molar-refractivity contribution in [3.63, 3.8) is 0 Å². The number of likely N-dealkylation sites (N-methyl/N-ethyl adjacent to an activating group) is 1. The summed E-state index contributed by atoms with van der Waals surface area (Å²) in [5.41, 5.74) is 3.03. The molecule has 0 aliphatic carbocycles. The number of carbonyl (C=O) groups is 3. The van der Waals surface area contributed by atoms with Gasteiger partial charge >= 0.3 is 0 Å². The van der Waals surface area contributed by atoms with Gasteiger partial charge in [0.15, 0.2) is 5.11 Å². The third kappa shape index (κ3) is 3.06. The molecular weight excluding hydrogens is 304 g/mol. The molecule has 0 aromatic heterocycles. The van der Waals surface area contributed by atoms with Gasteiger partial charge in [-0.15, -0.1) is 0 Å². The zero-order chi connectivity index (χ0) is 16.3. The van der Waals surface area contributed by atoms with Gasteiger partial charge < -0.3 is 5.32 Å². The van der Waals surface area contributed by atoms with E-state index >= 15 is 0 Å². The molecule has 1 aliphatic heterocycles.